The molecule has 0 bridgehead atoms. The Morgan fingerprint density at radius 1 is 1.50 bits per heavy atom. The summed E-state index contributed by atoms with van der Waals surface area (Å²) in [5.41, 5.74) is 0.0507. The zero-order valence-corrected chi connectivity index (χ0v) is 12.1. The predicted octanol–water partition coefficient (Wildman–Crippen LogP) is 1.65. The number of carboxylic acids is 1. The highest BCUT2D eigenvalue weighted by Gasteiger charge is 2.42. The molecule has 1 aromatic rings. The number of hydrogen-bond donors (Lipinski definition) is 2. The van der Waals surface area contributed by atoms with Gasteiger partial charge in [-0.2, -0.15) is 0 Å². The summed E-state index contributed by atoms with van der Waals surface area (Å²) in [5.74, 6) is -1.06. The molecule has 1 aromatic carbocycles. The van der Waals surface area contributed by atoms with Crippen molar-refractivity contribution in [3.63, 3.8) is 0 Å². The maximum absolute atomic E-state index is 11.9. The number of ether oxygens (including phenoxy) is 1. The second kappa shape index (κ2) is 5.32. The van der Waals surface area contributed by atoms with Gasteiger partial charge < -0.3 is 15.2 Å². The first-order chi connectivity index (χ1) is 9.38. The molecule has 1 aliphatic rings. The van der Waals surface area contributed by atoms with E-state index in [1.54, 1.807) is 6.07 Å². The molecule has 108 valence electrons. The lowest BCUT2D eigenvalue weighted by atomic mass is 9.82. The smallest absolute Gasteiger partial charge is 0.319 e. The molecule has 0 radical (unpaired) electrons. The summed E-state index contributed by atoms with van der Waals surface area (Å²) in [5, 5.41) is 12.3. The van der Waals surface area contributed by atoms with Crippen LogP contribution in [0.1, 0.15) is 18.1 Å². The van der Waals surface area contributed by atoms with Gasteiger partial charge in [0.15, 0.2) is 0 Å². The molecular formula is C14H16ClNO4. The number of nitrogens with one attached hydrogen (secondary N) is 1. The van der Waals surface area contributed by atoms with Crippen molar-refractivity contribution in [3.8, 4) is 5.75 Å². The number of benzene rings is 1. The monoisotopic (exact) mass is 297 g/mol. The van der Waals surface area contributed by atoms with Crippen molar-refractivity contribution < 1.29 is 19.4 Å². The fourth-order valence-corrected chi connectivity index (χ4v) is 2.65. The van der Waals surface area contributed by atoms with Crippen LogP contribution in [0.4, 0.5) is 0 Å². The van der Waals surface area contributed by atoms with Gasteiger partial charge in [0.25, 0.3) is 0 Å². The third-order valence-electron chi connectivity index (χ3n) is 3.57. The summed E-state index contributed by atoms with van der Waals surface area (Å²) >= 11 is 6.05. The molecule has 2 rings (SSSR count). The first-order valence-electron chi connectivity index (χ1n) is 6.28. The molecule has 20 heavy (non-hydrogen) atoms. The Bertz CT molecular complexity index is 573. The zero-order valence-electron chi connectivity index (χ0n) is 11.3. The number of carbonyl (C=O) groups excluding carboxylic acids is 1. The van der Waals surface area contributed by atoms with Gasteiger partial charge in [0.05, 0.1) is 6.61 Å². The van der Waals surface area contributed by atoms with Gasteiger partial charge in [0, 0.05) is 24.9 Å². The Balaban J connectivity index is 2.42. The third kappa shape index (κ3) is 2.45. The molecule has 0 aromatic heterocycles. The molecule has 1 heterocycles. The van der Waals surface area contributed by atoms with E-state index in [0.717, 1.165) is 12.0 Å². The summed E-state index contributed by atoms with van der Waals surface area (Å²) in [7, 11) is 1.42. The molecule has 1 amide bonds. The highest BCUT2D eigenvalue weighted by molar-refractivity contribution is 6.30. The molecular weight excluding hydrogens is 282 g/mol. The fourth-order valence-electron chi connectivity index (χ4n) is 2.39. The molecule has 5 nitrogen and oxygen atoms in total. The topological polar surface area (TPSA) is 75.6 Å². The molecule has 0 aliphatic carbocycles. The molecule has 2 N–H and O–H groups in total. The maximum Gasteiger partial charge on any atom is 0.319 e. The molecule has 0 saturated heterocycles. The van der Waals surface area contributed by atoms with E-state index >= 15 is 0 Å². The minimum atomic E-state index is -1.56. The average molecular weight is 298 g/mol. The Labute approximate surface area is 121 Å². The number of aliphatic carboxylic acids is 1. The van der Waals surface area contributed by atoms with Crippen molar-refractivity contribution >= 4 is 23.5 Å². The second-order valence-corrected chi connectivity index (χ2v) is 5.48. The summed E-state index contributed by atoms with van der Waals surface area (Å²) in [6.45, 7) is 1.95. The Hall–Kier alpha value is -1.75. The Kier molecular flexibility index (Phi) is 3.90. The minimum Gasteiger partial charge on any atom is -0.493 e. The second-order valence-electron chi connectivity index (χ2n) is 5.04. The van der Waals surface area contributed by atoms with E-state index in [4.69, 9.17) is 16.3 Å². The van der Waals surface area contributed by atoms with E-state index in [9.17, 15) is 14.7 Å². The van der Waals surface area contributed by atoms with Crippen LogP contribution in [-0.2, 0) is 22.4 Å². The summed E-state index contributed by atoms with van der Waals surface area (Å²) in [4.78, 5) is 23.4. The first kappa shape index (κ1) is 14.7. The van der Waals surface area contributed by atoms with E-state index in [2.05, 4.69) is 5.32 Å². The number of fused-ring (bicyclic) bond motifs is 1. The molecule has 1 aliphatic heterocycles. The van der Waals surface area contributed by atoms with Crippen molar-refractivity contribution in [3.05, 3.63) is 28.3 Å². The lowest BCUT2D eigenvalue weighted by Crippen LogP contribution is -2.44. The van der Waals surface area contributed by atoms with E-state index in [-0.39, 0.29) is 6.42 Å². The minimum absolute atomic E-state index is 0.0326. The van der Waals surface area contributed by atoms with Crippen LogP contribution in [-0.4, -0.2) is 30.6 Å². The van der Waals surface area contributed by atoms with Crippen LogP contribution in [0.25, 0.3) is 0 Å². The van der Waals surface area contributed by atoms with Crippen molar-refractivity contribution in [2.24, 2.45) is 5.41 Å². The van der Waals surface area contributed by atoms with Gasteiger partial charge in [-0.25, -0.2) is 0 Å². The van der Waals surface area contributed by atoms with Gasteiger partial charge in [0.1, 0.15) is 11.2 Å². The fraction of sp³-hybridized carbons (Fsp3) is 0.429. The van der Waals surface area contributed by atoms with Crippen molar-refractivity contribution in [1.29, 1.82) is 0 Å². The van der Waals surface area contributed by atoms with Crippen LogP contribution in [0.2, 0.25) is 5.02 Å². The van der Waals surface area contributed by atoms with Crippen LogP contribution in [0.15, 0.2) is 12.1 Å². The van der Waals surface area contributed by atoms with Crippen LogP contribution in [0, 0.1) is 5.41 Å². The van der Waals surface area contributed by atoms with E-state index in [1.165, 1.54) is 14.0 Å². The summed E-state index contributed by atoms with van der Waals surface area (Å²) < 4.78 is 5.54. The lowest BCUT2D eigenvalue weighted by Gasteiger charge is -2.23. The van der Waals surface area contributed by atoms with Gasteiger partial charge >= 0.3 is 5.97 Å². The molecule has 0 spiro atoms. The van der Waals surface area contributed by atoms with Gasteiger partial charge in [-0.1, -0.05) is 11.6 Å². The van der Waals surface area contributed by atoms with Gasteiger partial charge in [-0.05, 0) is 30.2 Å². The van der Waals surface area contributed by atoms with Crippen molar-refractivity contribution in [2.45, 2.75) is 19.8 Å². The number of halogens is 1. The predicted molar refractivity (Wildman–Crippen MR) is 74.2 cm³/mol. The number of hydrogen-bond acceptors (Lipinski definition) is 3. The first-order valence-corrected chi connectivity index (χ1v) is 6.66. The molecule has 1 atom stereocenters. The largest absolute Gasteiger partial charge is 0.493 e. The van der Waals surface area contributed by atoms with Crippen LogP contribution in [0.5, 0.6) is 5.75 Å². The standard InChI is InChI=1S/C14H16ClNO4/c1-14(13(18)19,12(17)16-2)7-9-6-10(15)5-8-3-4-20-11(8)9/h5-6H,3-4,7H2,1-2H3,(H,16,17)(H,18,19). The third-order valence-corrected chi connectivity index (χ3v) is 3.79. The van der Waals surface area contributed by atoms with Gasteiger partial charge in [-0.3, -0.25) is 9.59 Å². The van der Waals surface area contributed by atoms with E-state index in [0.29, 0.717) is 22.9 Å². The number of amides is 1. The number of carboxylic acid groups (broad SMARTS) is 1. The highest BCUT2D eigenvalue weighted by Crippen LogP contribution is 2.36. The molecule has 1 unspecified atom stereocenters. The maximum atomic E-state index is 11.9. The van der Waals surface area contributed by atoms with Gasteiger partial charge in [-0.15, -0.1) is 0 Å². The number of carbonyl (C=O) groups is 2. The Morgan fingerprint density at radius 3 is 2.80 bits per heavy atom. The average Bonchev–Trinajstić information content (AvgIpc) is 2.85. The van der Waals surface area contributed by atoms with Gasteiger partial charge in [0.2, 0.25) is 5.91 Å². The molecule has 0 fully saturated rings. The van der Waals surface area contributed by atoms with Crippen LogP contribution in [0.3, 0.4) is 0 Å². The normalized spacial score (nSPS) is 15.9. The van der Waals surface area contributed by atoms with Crippen LogP contribution >= 0.6 is 11.6 Å². The van der Waals surface area contributed by atoms with Crippen molar-refractivity contribution in [1.82, 2.24) is 5.32 Å². The SMILES string of the molecule is CNC(=O)C(C)(Cc1cc(Cl)cc2c1OCC2)C(=O)O. The van der Waals surface area contributed by atoms with Crippen LogP contribution < -0.4 is 10.1 Å². The zero-order chi connectivity index (χ0) is 14.9. The van der Waals surface area contributed by atoms with Crippen molar-refractivity contribution in [2.75, 3.05) is 13.7 Å². The number of rotatable bonds is 4. The lowest BCUT2D eigenvalue weighted by molar-refractivity contribution is -0.154. The van der Waals surface area contributed by atoms with E-state index in [1.807, 2.05) is 6.07 Å². The highest BCUT2D eigenvalue weighted by atomic mass is 35.5. The quantitative estimate of drug-likeness (QED) is 0.829. The summed E-state index contributed by atoms with van der Waals surface area (Å²) in [6.07, 6.45) is 0.775. The molecule has 0 saturated carbocycles. The summed E-state index contributed by atoms with van der Waals surface area (Å²) in [6, 6.07) is 3.47. The van der Waals surface area contributed by atoms with E-state index < -0.39 is 17.3 Å². The molecule has 6 heteroatoms. The Morgan fingerprint density at radius 2 is 2.20 bits per heavy atom.